The molecule has 1 heterocycles. The molecule has 1 fully saturated rings. The molecular weight excluding hydrogens is 380 g/mol. The lowest BCUT2D eigenvalue weighted by atomic mass is 10.1. The van der Waals surface area contributed by atoms with Gasteiger partial charge in [-0.2, -0.15) is 0 Å². The van der Waals surface area contributed by atoms with Gasteiger partial charge < -0.3 is 15.0 Å². The quantitative estimate of drug-likeness (QED) is 0.810. The third kappa shape index (κ3) is 4.41. The number of ether oxygens (including phenoxy) is 1. The number of carbonyl (C=O) groups is 1. The van der Waals surface area contributed by atoms with Crippen molar-refractivity contribution < 1.29 is 9.53 Å². The second-order valence-electron chi connectivity index (χ2n) is 6.38. The summed E-state index contributed by atoms with van der Waals surface area (Å²) in [5.74, 6) is -0.0879. The van der Waals surface area contributed by atoms with E-state index in [1.807, 2.05) is 49.4 Å². The lowest BCUT2D eigenvalue weighted by Gasteiger charge is -2.33. The van der Waals surface area contributed by atoms with Crippen LogP contribution in [-0.2, 0) is 4.74 Å². The average Bonchev–Trinajstić information content (AvgIpc) is 2.64. The molecule has 1 amide bonds. The van der Waals surface area contributed by atoms with Crippen LogP contribution in [0.1, 0.15) is 28.8 Å². The van der Waals surface area contributed by atoms with Gasteiger partial charge in [-0.1, -0.05) is 15.9 Å². The third-order valence-corrected chi connectivity index (χ3v) is 5.20. The minimum Gasteiger partial charge on any atom is -0.381 e. The molecule has 2 aromatic carbocycles. The molecule has 2 aromatic rings. The Balaban J connectivity index is 1.64. The largest absolute Gasteiger partial charge is 0.381 e. The Kier molecular flexibility index (Phi) is 5.76. The number of anilines is 2. The normalized spacial score (nSPS) is 15.2. The highest BCUT2D eigenvalue weighted by molar-refractivity contribution is 9.10. The Morgan fingerprint density at radius 3 is 2.44 bits per heavy atom. The summed E-state index contributed by atoms with van der Waals surface area (Å²) >= 11 is 3.44. The fourth-order valence-electron chi connectivity index (χ4n) is 3.14. The van der Waals surface area contributed by atoms with E-state index in [0.29, 0.717) is 11.7 Å². The standard InChI is InChI=1S/C20H23BrN2O2/c1-14-13-16(21)5-8-19(14)22-20(24)15-3-6-17(7-4-15)23-11-9-18(25-2)10-12-23/h3-8,13,18H,9-12H2,1-2H3,(H,22,24). The molecule has 25 heavy (non-hydrogen) atoms. The molecule has 0 radical (unpaired) electrons. The van der Waals surface area contributed by atoms with E-state index in [4.69, 9.17) is 4.74 Å². The van der Waals surface area contributed by atoms with Gasteiger partial charge in [-0.15, -0.1) is 0 Å². The highest BCUT2D eigenvalue weighted by Crippen LogP contribution is 2.23. The van der Waals surface area contributed by atoms with Crippen molar-refractivity contribution in [1.82, 2.24) is 0 Å². The molecule has 5 heteroatoms. The monoisotopic (exact) mass is 402 g/mol. The molecule has 0 bridgehead atoms. The van der Waals surface area contributed by atoms with Crippen LogP contribution in [0.4, 0.5) is 11.4 Å². The molecule has 4 nitrogen and oxygen atoms in total. The van der Waals surface area contributed by atoms with Crippen LogP contribution < -0.4 is 10.2 Å². The maximum atomic E-state index is 12.5. The van der Waals surface area contributed by atoms with Crippen molar-refractivity contribution in [2.45, 2.75) is 25.9 Å². The topological polar surface area (TPSA) is 41.6 Å². The number of nitrogens with zero attached hydrogens (tertiary/aromatic N) is 1. The Labute approximate surface area is 157 Å². The molecule has 0 saturated carbocycles. The summed E-state index contributed by atoms with van der Waals surface area (Å²) in [5.41, 5.74) is 3.68. The second kappa shape index (κ2) is 8.02. The molecule has 0 atom stereocenters. The first kappa shape index (κ1) is 18.0. The number of carbonyl (C=O) groups excluding carboxylic acids is 1. The number of benzene rings is 2. The summed E-state index contributed by atoms with van der Waals surface area (Å²) in [5, 5.41) is 2.98. The van der Waals surface area contributed by atoms with E-state index in [1.165, 1.54) is 0 Å². The zero-order chi connectivity index (χ0) is 17.8. The van der Waals surface area contributed by atoms with E-state index in [1.54, 1.807) is 7.11 Å². The predicted octanol–water partition coefficient (Wildman–Crippen LogP) is 4.63. The van der Waals surface area contributed by atoms with Gasteiger partial charge in [0.1, 0.15) is 0 Å². The van der Waals surface area contributed by atoms with Crippen molar-refractivity contribution in [1.29, 1.82) is 0 Å². The van der Waals surface area contributed by atoms with Crippen LogP contribution in [0, 0.1) is 6.92 Å². The van der Waals surface area contributed by atoms with Gasteiger partial charge in [0, 0.05) is 41.6 Å². The summed E-state index contributed by atoms with van der Waals surface area (Å²) in [6.45, 7) is 3.96. The predicted molar refractivity (Wildman–Crippen MR) is 106 cm³/mol. The number of piperidine rings is 1. The minimum absolute atomic E-state index is 0.0879. The van der Waals surface area contributed by atoms with Crippen molar-refractivity contribution in [3.63, 3.8) is 0 Å². The maximum Gasteiger partial charge on any atom is 0.255 e. The molecule has 1 aliphatic rings. The first-order chi connectivity index (χ1) is 12.1. The fraction of sp³-hybridized carbons (Fsp3) is 0.350. The number of methoxy groups -OCH3 is 1. The van der Waals surface area contributed by atoms with Crippen LogP contribution >= 0.6 is 15.9 Å². The molecule has 0 unspecified atom stereocenters. The maximum absolute atomic E-state index is 12.5. The molecular formula is C20H23BrN2O2. The number of hydrogen-bond donors (Lipinski definition) is 1. The van der Waals surface area contributed by atoms with E-state index in [9.17, 15) is 4.79 Å². The smallest absolute Gasteiger partial charge is 0.255 e. The third-order valence-electron chi connectivity index (χ3n) is 4.71. The van der Waals surface area contributed by atoms with Crippen molar-refractivity contribution in [3.05, 3.63) is 58.1 Å². The molecule has 1 saturated heterocycles. The van der Waals surface area contributed by atoms with Crippen LogP contribution in [-0.4, -0.2) is 32.2 Å². The van der Waals surface area contributed by atoms with Crippen molar-refractivity contribution in [3.8, 4) is 0 Å². The Morgan fingerprint density at radius 1 is 1.16 bits per heavy atom. The number of rotatable bonds is 4. The Bertz CT molecular complexity index is 738. The van der Waals surface area contributed by atoms with Gasteiger partial charge in [-0.25, -0.2) is 0 Å². The van der Waals surface area contributed by atoms with Gasteiger partial charge in [0.15, 0.2) is 0 Å². The lowest BCUT2D eigenvalue weighted by Crippen LogP contribution is -2.36. The zero-order valence-electron chi connectivity index (χ0n) is 14.6. The van der Waals surface area contributed by atoms with Crippen LogP contribution in [0.3, 0.4) is 0 Å². The van der Waals surface area contributed by atoms with Crippen molar-refractivity contribution in [2.24, 2.45) is 0 Å². The lowest BCUT2D eigenvalue weighted by molar-refractivity contribution is 0.0819. The van der Waals surface area contributed by atoms with Crippen LogP contribution in [0.2, 0.25) is 0 Å². The van der Waals surface area contributed by atoms with Crippen LogP contribution in [0.25, 0.3) is 0 Å². The van der Waals surface area contributed by atoms with E-state index >= 15 is 0 Å². The SMILES string of the molecule is COC1CCN(c2ccc(C(=O)Nc3ccc(Br)cc3C)cc2)CC1. The van der Waals surface area contributed by atoms with Gasteiger partial charge in [-0.3, -0.25) is 4.79 Å². The molecule has 0 aliphatic carbocycles. The van der Waals surface area contributed by atoms with Crippen molar-refractivity contribution >= 4 is 33.2 Å². The Morgan fingerprint density at radius 2 is 1.84 bits per heavy atom. The number of halogens is 1. The van der Waals surface area contributed by atoms with Gasteiger partial charge in [0.25, 0.3) is 5.91 Å². The van der Waals surface area contributed by atoms with Crippen LogP contribution in [0.15, 0.2) is 46.9 Å². The molecule has 132 valence electrons. The van der Waals surface area contributed by atoms with E-state index < -0.39 is 0 Å². The summed E-state index contributed by atoms with van der Waals surface area (Å²) < 4.78 is 6.42. The highest BCUT2D eigenvalue weighted by atomic mass is 79.9. The van der Waals surface area contributed by atoms with Gasteiger partial charge in [-0.05, 0) is 67.8 Å². The Hall–Kier alpha value is -1.85. The minimum atomic E-state index is -0.0879. The number of amides is 1. The molecule has 0 spiro atoms. The average molecular weight is 403 g/mol. The van der Waals surface area contributed by atoms with E-state index in [-0.39, 0.29) is 5.91 Å². The van der Waals surface area contributed by atoms with Gasteiger partial charge in [0.2, 0.25) is 0 Å². The summed E-state index contributed by atoms with van der Waals surface area (Å²) in [4.78, 5) is 14.8. The first-order valence-electron chi connectivity index (χ1n) is 8.52. The zero-order valence-corrected chi connectivity index (χ0v) is 16.2. The van der Waals surface area contributed by atoms with Crippen LogP contribution in [0.5, 0.6) is 0 Å². The van der Waals surface area contributed by atoms with Crippen molar-refractivity contribution in [2.75, 3.05) is 30.4 Å². The summed E-state index contributed by atoms with van der Waals surface area (Å²) in [6.07, 6.45) is 2.46. The van der Waals surface area contributed by atoms with E-state index in [2.05, 4.69) is 26.1 Å². The molecule has 0 aromatic heterocycles. The second-order valence-corrected chi connectivity index (χ2v) is 7.30. The number of hydrogen-bond acceptors (Lipinski definition) is 3. The molecule has 3 rings (SSSR count). The number of aryl methyl sites for hydroxylation is 1. The first-order valence-corrected chi connectivity index (χ1v) is 9.31. The van der Waals surface area contributed by atoms with E-state index in [0.717, 1.165) is 47.3 Å². The number of nitrogens with one attached hydrogen (secondary N) is 1. The van der Waals surface area contributed by atoms with Gasteiger partial charge in [0.05, 0.1) is 6.10 Å². The molecule has 1 aliphatic heterocycles. The summed E-state index contributed by atoms with van der Waals surface area (Å²) in [7, 11) is 1.78. The molecule has 1 N–H and O–H groups in total. The fourth-order valence-corrected chi connectivity index (χ4v) is 3.61. The van der Waals surface area contributed by atoms with Gasteiger partial charge >= 0.3 is 0 Å². The summed E-state index contributed by atoms with van der Waals surface area (Å²) in [6, 6.07) is 13.7. The highest BCUT2D eigenvalue weighted by Gasteiger charge is 2.19.